The zero-order chi connectivity index (χ0) is 18.3. The van der Waals surface area contributed by atoms with Crippen LogP contribution in [0.3, 0.4) is 0 Å². The Kier molecular flexibility index (Phi) is 3.92. The highest BCUT2D eigenvalue weighted by atomic mass is 16.3. The Morgan fingerprint density at radius 1 is 1.46 bits per heavy atom. The van der Waals surface area contributed by atoms with Gasteiger partial charge >= 0.3 is 5.69 Å². The van der Waals surface area contributed by atoms with Crippen LogP contribution in [0.2, 0.25) is 0 Å². The first kappa shape index (κ1) is 16.3. The second kappa shape index (κ2) is 6.26. The maximum absolute atomic E-state index is 11.3. The van der Waals surface area contributed by atoms with E-state index in [1.165, 1.54) is 4.52 Å². The molecule has 3 aromatic rings. The number of aromatic nitrogens is 6. The van der Waals surface area contributed by atoms with Crippen molar-refractivity contribution in [2.75, 3.05) is 11.9 Å². The van der Waals surface area contributed by atoms with Crippen molar-refractivity contribution in [3.8, 4) is 5.88 Å². The van der Waals surface area contributed by atoms with Gasteiger partial charge in [-0.25, -0.2) is 9.79 Å². The maximum atomic E-state index is 11.3. The Balaban J connectivity index is 1.88. The van der Waals surface area contributed by atoms with Gasteiger partial charge in [-0.3, -0.25) is 4.98 Å². The van der Waals surface area contributed by atoms with E-state index in [4.69, 9.17) is 0 Å². The first-order valence-corrected chi connectivity index (χ1v) is 8.24. The van der Waals surface area contributed by atoms with E-state index in [1.54, 1.807) is 19.2 Å². The molecule has 1 saturated carbocycles. The molecule has 26 heavy (non-hydrogen) atoms. The molecule has 3 heterocycles. The van der Waals surface area contributed by atoms with Gasteiger partial charge in [-0.1, -0.05) is 0 Å². The molecule has 3 aromatic heterocycles. The Labute approximate surface area is 146 Å². The molecule has 0 radical (unpaired) electrons. The van der Waals surface area contributed by atoms with Crippen molar-refractivity contribution in [1.29, 1.82) is 0 Å². The molecule has 0 aromatic carbocycles. The van der Waals surface area contributed by atoms with Gasteiger partial charge in [0, 0.05) is 11.8 Å². The van der Waals surface area contributed by atoms with Crippen LogP contribution in [0.15, 0.2) is 16.0 Å². The van der Waals surface area contributed by atoms with Crippen molar-refractivity contribution in [2.24, 2.45) is 4.99 Å². The molecule has 1 fully saturated rings. The first-order valence-electron chi connectivity index (χ1n) is 8.24. The predicted octanol–water partition coefficient (Wildman–Crippen LogP) is -1.75. The van der Waals surface area contributed by atoms with E-state index >= 15 is 0 Å². The summed E-state index contributed by atoms with van der Waals surface area (Å²) in [5.74, 6) is 0.0542. The molecule has 136 valence electrons. The minimum atomic E-state index is -0.559. The van der Waals surface area contributed by atoms with Crippen molar-refractivity contribution in [2.45, 2.75) is 31.9 Å². The normalized spacial score (nSPS) is 17.2. The number of aromatic amines is 2. The average molecular weight is 358 g/mol. The van der Waals surface area contributed by atoms with E-state index in [1.807, 2.05) is 0 Å². The van der Waals surface area contributed by atoms with Crippen LogP contribution in [0.4, 0.5) is 5.95 Å². The number of anilines is 1. The molecule has 1 aliphatic carbocycles. The molecule has 0 amide bonds. The highest BCUT2D eigenvalue weighted by Crippen LogP contribution is 2.22. The predicted molar refractivity (Wildman–Crippen MR) is 91.4 cm³/mol. The second-order valence-electron chi connectivity index (χ2n) is 6.26. The Bertz CT molecular complexity index is 1120. The lowest BCUT2D eigenvalue weighted by Crippen LogP contribution is -2.26. The number of nitrogens with zero attached hydrogens (tertiary/aromatic N) is 5. The smallest absolute Gasteiger partial charge is 0.326 e. The topological polar surface area (TPSA) is 157 Å². The molecule has 11 nitrogen and oxygen atoms in total. The molecule has 11 heteroatoms. The molecule has 1 unspecified atom stereocenters. The summed E-state index contributed by atoms with van der Waals surface area (Å²) in [7, 11) is 0. The first-order chi connectivity index (χ1) is 12.5. The van der Waals surface area contributed by atoms with Gasteiger partial charge in [0.1, 0.15) is 5.69 Å². The summed E-state index contributed by atoms with van der Waals surface area (Å²) in [6.07, 6.45) is 4.58. The quantitative estimate of drug-likeness (QED) is 0.362. The van der Waals surface area contributed by atoms with E-state index in [2.05, 4.69) is 35.3 Å². The van der Waals surface area contributed by atoms with Crippen LogP contribution in [-0.2, 0) is 0 Å². The Morgan fingerprint density at radius 2 is 2.27 bits per heavy atom. The highest BCUT2D eigenvalue weighted by molar-refractivity contribution is 5.57. The minimum Gasteiger partial charge on any atom is -0.493 e. The van der Waals surface area contributed by atoms with Crippen molar-refractivity contribution in [3.63, 3.8) is 0 Å². The molecular formula is C15H18N8O3. The molecule has 1 aliphatic rings. The Hall–Kier alpha value is -3.21. The largest absolute Gasteiger partial charge is 0.493 e. The van der Waals surface area contributed by atoms with Gasteiger partial charge in [0.15, 0.2) is 5.65 Å². The SMILES string of the molecule is CC(O)CNc1nc(=NC2CC2)n2nc/c(=C\c3[nH]c(=O)[nH]c3O)c2n1. The number of imidazole rings is 1. The number of aromatic hydroxyl groups is 1. The van der Waals surface area contributed by atoms with Gasteiger partial charge in [0.2, 0.25) is 11.8 Å². The summed E-state index contributed by atoms with van der Waals surface area (Å²) in [6.45, 7) is 1.95. The third-order valence-corrected chi connectivity index (χ3v) is 3.81. The number of nitrogens with one attached hydrogen (secondary N) is 3. The molecule has 0 bridgehead atoms. The molecular weight excluding hydrogens is 340 g/mol. The van der Waals surface area contributed by atoms with Crippen LogP contribution in [0.1, 0.15) is 25.5 Å². The average Bonchev–Trinajstić information content (AvgIpc) is 3.22. The van der Waals surface area contributed by atoms with Crippen LogP contribution < -0.4 is 21.8 Å². The number of hydrogen-bond donors (Lipinski definition) is 5. The van der Waals surface area contributed by atoms with E-state index < -0.39 is 11.8 Å². The molecule has 1 atom stereocenters. The lowest BCUT2D eigenvalue weighted by Gasteiger charge is -2.06. The van der Waals surface area contributed by atoms with Gasteiger partial charge < -0.3 is 20.5 Å². The number of rotatable bonds is 5. The van der Waals surface area contributed by atoms with E-state index in [9.17, 15) is 15.0 Å². The third-order valence-electron chi connectivity index (χ3n) is 3.81. The molecule has 5 N–H and O–H groups in total. The summed E-state index contributed by atoms with van der Waals surface area (Å²) in [6, 6.07) is 0.236. The fraction of sp³-hybridized carbons (Fsp3) is 0.400. The Morgan fingerprint density at radius 3 is 2.92 bits per heavy atom. The fourth-order valence-electron chi connectivity index (χ4n) is 2.40. The molecule has 0 aliphatic heterocycles. The van der Waals surface area contributed by atoms with Gasteiger partial charge in [-0.15, -0.1) is 0 Å². The number of aliphatic hydroxyl groups excluding tert-OH is 1. The van der Waals surface area contributed by atoms with Gasteiger partial charge in [-0.2, -0.15) is 19.6 Å². The zero-order valence-corrected chi connectivity index (χ0v) is 14.0. The summed E-state index contributed by atoms with van der Waals surface area (Å²) < 4.78 is 1.51. The molecule has 4 rings (SSSR count). The van der Waals surface area contributed by atoms with Crippen molar-refractivity contribution in [3.05, 3.63) is 33.2 Å². The molecule has 0 spiro atoms. The minimum absolute atomic E-state index is 0.225. The van der Waals surface area contributed by atoms with Crippen molar-refractivity contribution < 1.29 is 10.2 Å². The highest BCUT2D eigenvalue weighted by Gasteiger charge is 2.21. The molecule has 0 saturated heterocycles. The summed E-state index contributed by atoms with van der Waals surface area (Å²) >= 11 is 0. The van der Waals surface area contributed by atoms with Crippen molar-refractivity contribution in [1.82, 2.24) is 29.5 Å². The zero-order valence-electron chi connectivity index (χ0n) is 14.0. The summed E-state index contributed by atoms with van der Waals surface area (Å²) in [5.41, 5.74) is 0.595. The van der Waals surface area contributed by atoms with Crippen LogP contribution in [-0.4, -0.2) is 58.5 Å². The lowest BCUT2D eigenvalue weighted by molar-refractivity contribution is 0.208. The second-order valence-corrected chi connectivity index (χ2v) is 6.26. The van der Waals surface area contributed by atoms with Crippen LogP contribution in [0.25, 0.3) is 11.7 Å². The van der Waals surface area contributed by atoms with Crippen LogP contribution >= 0.6 is 0 Å². The number of fused-ring (bicyclic) bond motifs is 1. The fourth-order valence-corrected chi connectivity index (χ4v) is 2.40. The monoisotopic (exact) mass is 358 g/mol. The standard InChI is InChI=1S/C15H18N8O3/c1-7(24)5-16-13-20-11-8(4-10-12(25)21-15(26)19-10)6-17-23(11)14(22-13)18-9-2-3-9/h4,6-7,9,24-25H,2-3,5H2,1H3,(H,16,18,22)(H2,19,21,26)/b8-4+. The van der Waals surface area contributed by atoms with Crippen LogP contribution in [0.5, 0.6) is 5.88 Å². The van der Waals surface area contributed by atoms with Crippen LogP contribution in [0, 0.1) is 0 Å². The van der Waals surface area contributed by atoms with Gasteiger partial charge in [-0.05, 0) is 25.8 Å². The summed E-state index contributed by atoms with van der Waals surface area (Å²) in [4.78, 5) is 29.4. The summed E-state index contributed by atoms with van der Waals surface area (Å²) in [5, 5.41) is 27.0. The van der Waals surface area contributed by atoms with E-state index in [-0.39, 0.29) is 24.2 Å². The van der Waals surface area contributed by atoms with Gasteiger partial charge in [0.25, 0.3) is 5.62 Å². The third kappa shape index (κ3) is 3.28. The van der Waals surface area contributed by atoms with E-state index in [0.717, 1.165) is 12.8 Å². The van der Waals surface area contributed by atoms with E-state index in [0.29, 0.717) is 22.4 Å². The lowest BCUT2D eigenvalue weighted by atomic mass is 10.3. The van der Waals surface area contributed by atoms with Gasteiger partial charge in [0.05, 0.1) is 18.3 Å². The maximum Gasteiger partial charge on any atom is 0.326 e. The number of aliphatic hydroxyl groups is 1. The number of hydrogen-bond acceptors (Lipinski definition) is 8. The van der Waals surface area contributed by atoms with Crippen molar-refractivity contribution >= 4 is 17.7 Å². The number of H-pyrrole nitrogens is 2.